The SMILES string of the molecule is CCCNCc1c(C)nc(C2CCCCCC2)nc1C. The first kappa shape index (κ1) is 15.4. The first-order chi connectivity index (χ1) is 9.72. The number of nitrogens with zero attached hydrogens (tertiary/aromatic N) is 2. The predicted octanol–water partition coefficient (Wildman–Crippen LogP) is 4.03. The van der Waals surface area contributed by atoms with Gasteiger partial charge in [-0.05, 0) is 39.7 Å². The summed E-state index contributed by atoms with van der Waals surface area (Å²) in [6.07, 6.45) is 9.15. The average Bonchev–Trinajstić information content (AvgIpc) is 2.70. The van der Waals surface area contributed by atoms with E-state index in [1.54, 1.807) is 0 Å². The van der Waals surface area contributed by atoms with Crippen molar-refractivity contribution >= 4 is 0 Å². The van der Waals surface area contributed by atoms with Gasteiger partial charge in [-0.1, -0.05) is 32.6 Å². The number of aromatic nitrogens is 2. The van der Waals surface area contributed by atoms with Crippen molar-refractivity contribution in [2.75, 3.05) is 6.54 Å². The Morgan fingerprint density at radius 3 is 2.15 bits per heavy atom. The third-order valence-electron chi connectivity index (χ3n) is 4.39. The van der Waals surface area contributed by atoms with Crippen LogP contribution in [-0.2, 0) is 6.54 Å². The molecule has 3 nitrogen and oxygen atoms in total. The summed E-state index contributed by atoms with van der Waals surface area (Å²) < 4.78 is 0. The quantitative estimate of drug-likeness (QED) is 0.651. The van der Waals surface area contributed by atoms with E-state index in [1.807, 2.05) is 0 Å². The van der Waals surface area contributed by atoms with E-state index in [0.29, 0.717) is 5.92 Å². The molecular formula is C17H29N3. The Hall–Kier alpha value is -0.960. The van der Waals surface area contributed by atoms with Gasteiger partial charge in [-0.2, -0.15) is 0 Å². The van der Waals surface area contributed by atoms with E-state index in [4.69, 9.17) is 9.97 Å². The molecule has 0 amide bonds. The van der Waals surface area contributed by atoms with Crippen LogP contribution in [0.2, 0.25) is 0 Å². The largest absolute Gasteiger partial charge is 0.313 e. The van der Waals surface area contributed by atoms with Crippen molar-refractivity contribution in [2.45, 2.75) is 78.2 Å². The van der Waals surface area contributed by atoms with Crippen LogP contribution in [-0.4, -0.2) is 16.5 Å². The Kier molecular flexibility index (Phi) is 5.96. The van der Waals surface area contributed by atoms with Gasteiger partial charge in [-0.25, -0.2) is 9.97 Å². The normalized spacial score (nSPS) is 17.1. The van der Waals surface area contributed by atoms with Crippen molar-refractivity contribution in [3.8, 4) is 0 Å². The zero-order valence-corrected chi connectivity index (χ0v) is 13.3. The summed E-state index contributed by atoms with van der Waals surface area (Å²) >= 11 is 0. The molecule has 1 heterocycles. The minimum Gasteiger partial charge on any atom is -0.313 e. The van der Waals surface area contributed by atoms with Crippen LogP contribution in [0.3, 0.4) is 0 Å². The van der Waals surface area contributed by atoms with E-state index >= 15 is 0 Å². The maximum atomic E-state index is 4.83. The maximum absolute atomic E-state index is 4.83. The molecule has 112 valence electrons. The summed E-state index contributed by atoms with van der Waals surface area (Å²) in [5.74, 6) is 1.69. The first-order valence-electron chi connectivity index (χ1n) is 8.27. The van der Waals surface area contributed by atoms with Crippen molar-refractivity contribution in [3.63, 3.8) is 0 Å². The van der Waals surface area contributed by atoms with Crippen LogP contribution in [0.1, 0.15) is 80.6 Å². The zero-order chi connectivity index (χ0) is 14.4. The molecule has 2 rings (SSSR count). The van der Waals surface area contributed by atoms with Crippen LogP contribution in [0.5, 0.6) is 0 Å². The van der Waals surface area contributed by atoms with Gasteiger partial charge in [-0.15, -0.1) is 0 Å². The van der Waals surface area contributed by atoms with Crippen molar-refractivity contribution in [1.82, 2.24) is 15.3 Å². The average molecular weight is 275 g/mol. The van der Waals surface area contributed by atoms with E-state index in [-0.39, 0.29) is 0 Å². The summed E-state index contributed by atoms with van der Waals surface area (Å²) in [5, 5.41) is 3.46. The first-order valence-corrected chi connectivity index (χ1v) is 8.27. The Bertz CT molecular complexity index is 397. The molecule has 20 heavy (non-hydrogen) atoms. The molecule has 0 aliphatic heterocycles. The molecule has 0 atom stereocenters. The highest BCUT2D eigenvalue weighted by atomic mass is 14.9. The van der Waals surface area contributed by atoms with Crippen molar-refractivity contribution in [2.24, 2.45) is 0 Å². The smallest absolute Gasteiger partial charge is 0.131 e. The van der Waals surface area contributed by atoms with Crippen LogP contribution < -0.4 is 5.32 Å². The molecule has 0 bridgehead atoms. The van der Waals surface area contributed by atoms with Gasteiger partial charge in [0.2, 0.25) is 0 Å². The minimum atomic E-state index is 0.590. The van der Waals surface area contributed by atoms with Crippen molar-refractivity contribution < 1.29 is 0 Å². The minimum absolute atomic E-state index is 0.590. The van der Waals surface area contributed by atoms with E-state index in [0.717, 1.165) is 18.9 Å². The number of aryl methyl sites for hydroxylation is 2. The van der Waals surface area contributed by atoms with Crippen LogP contribution >= 0.6 is 0 Å². The fraction of sp³-hybridized carbons (Fsp3) is 0.765. The highest BCUT2D eigenvalue weighted by Crippen LogP contribution is 2.30. The number of hydrogen-bond donors (Lipinski definition) is 1. The summed E-state index contributed by atoms with van der Waals surface area (Å²) in [6.45, 7) is 8.42. The molecule has 1 aliphatic carbocycles. The fourth-order valence-corrected chi connectivity index (χ4v) is 3.13. The molecule has 1 N–H and O–H groups in total. The molecule has 0 radical (unpaired) electrons. The molecule has 0 saturated heterocycles. The van der Waals surface area contributed by atoms with Crippen LogP contribution in [0.4, 0.5) is 0 Å². The third kappa shape index (κ3) is 4.02. The fourth-order valence-electron chi connectivity index (χ4n) is 3.13. The molecule has 3 heteroatoms. The van der Waals surface area contributed by atoms with Crippen molar-refractivity contribution in [1.29, 1.82) is 0 Å². The Balaban J connectivity index is 2.11. The Labute approximate surface area is 123 Å². The standard InChI is InChI=1S/C17H29N3/c1-4-11-18-12-16-13(2)19-17(20-14(16)3)15-9-7-5-6-8-10-15/h15,18H,4-12H2,1-3H3. The lowest BCUT2D eigenvalue weighted by Crippen LogP contribution is -2.18. The second kappa shape index (κ2) is 7.72. The van der Waals surface area contributed by atoms with E-state index < -0.39 is 0 Å². The van der Waals surface area contributed by atoms with E-state index in [1.165, 1.54) is 61.9 Å². The lowest BCUT2D eigenvalue weighted by atomic mass is 9.99. The maximum Gasteiger partial charge on any atom is 0.131 e. The number of hydrogen-bond acceptors (Lipinski definition) is 3. The van der Waals surface area contributed by atoms with Crippen molar-refractivity contribution in [3.05, 3.63) is 22.8 Å². The van der Waals surface area contributed by atoms with Gasteiger partial charge in [0.25, 0.3) is 0 Å². The molecule has 1 fully saturated rings. The predicted molar refractivity (Wildman–Crippen MR) is 83.9 cm³/mol. The molecule has 1 saturated carbocycles. The molecule has 1 aliphatic rings. The van der Waals surface area contributed by atoms with Gasteiger partial charge in [0.1, 0.15) is 5.82 Å². The highest BCUT2D eigenvalue weighted by Gasteiger charge is 2.19. The molecule has 1 aromatic rings. The Morgan fingerprint density at radius 1 is 1.00 bits per heavy atom. The molecule has 0 spiro atoms. The van der Waals surface area contributed by atoms with Gasteiger partial charge in [0, 0.05) is 29.4 Å². The van der Waals surface area contributed by atoms with Gasteiger partial charge in [0.05, 0.1) is 0 Å². The topological polar surface area (TPSA) is 37.8 Å². The van der Waals surface area contributed by atoms with Crippen LogP contribution in [0.15, 0.2) is 0 Å². The van der Waals surface area contributed by atoms with Crippen LogP contribution in [0, 0.1) is 13.8 Å². The lowest BCUT2D eigenvalue weighted by Gasteiger charge is -2.16. The lowest BCUT2D eigenvalue weighted by molar-refractivity contribution is 0.553. The van der Waals surface area contributed by atoms with Gasteiger partial charge in [0.15, 0.2) is 0 Å². The van der Waals surface area contributed by atoms with Gasteiger partial charge >= 0.3 is 0 Å². The molecular weight excluding hydrogens is 246 g/mol. The molecule has 1 aromatic heterocycles. The summed E-state index contributed by atoms with van der Waals surface area (Å²) in [5.41, 5.74) is 3.62. The highest BCUT2D eigenvalue weighted by molar-refractivity contribution is 5.25. The van der Waals surface area contributed by atoms with Gasteiger partial charge < -0.3 is 5.32 Å². The second-order valence-electron chi connectivity index (χ2n) is 6.10. The monoisotopic (exact) mass is 275 g/mol. The second-order valence-corrected chi connectivity index (χ2v) is 6.10. The number of nitrogens with one attached hydrogen (secondary N) is 1. The van der Waals surface area contributed by atoms with Gasteiger partial charge in [-0.3, -0.25) is 0 Å². The van der Waals surface area contributed by atoms with Crippen LogP contribution in [0.25, 0.3) is 0 Å². The molecule has 0 unspecified atom stereocenters. The summed E-state index contributed by atoms with van der Waals surface area (Å²) in [4.78, 5) is 9.65. The van der Waals surface area contributed by atoms with E-state index in [9.17, 15) is 0 Å². The molecule has 0 aromatic carbocycles. The third-order valence-corrected chi connectivity index (χ3v) is 4.39. The summed E-state index contributed by atoms with van der Waals surface area (Å²) in [7, 11) is 0. The summed E-state index contributed by atoms with van der Waals surface area (Å²) in [6, 6.07) is 0. The Morgan fingerprint density at radius 2 is 1.60 bits per heavy atom. The van der Waals surface area contributed by atoms with E-state index in [2.05, 4.69) is 26.1 Å². The zero-order valence-electron chi connectivity index (χ0n) is 13.3. The number of rotatable bonds is 5.